The third kappa shape index (κ3) is 5.77. The third-order valence-corrected chi connectivity index (χ3v) is 12.8. The molecule has 0 radical (unpaired) electrons. The highest BCUT2D eigenvalue weighted by Crippen LogP contribution is 2.43. The summed E-state index contributed by atoms with van der Waals surface area (Å²) in [4.78, 5) is 15.5. The van der Waals surface area contributed by atoms with Gasteiger partial charge in [-0.05, 0) is 81.4 Å². The average molecular weight is 819 g/mol. The normalized spacial score (nSPS) is 14.1. The Kier molecular flexibility index (Phi) is 8.18. The topological polar surface area (TPSA) is 59.5 Å². The number of para-hydroxylation sites is 1. The molecule has 0 bridgehead atoms. The molecule has 0 spiro atoms. The Morgan fingerprint density at radius 2 is 1.08 bits per heavy atom. The van der Waals surface area contributed by atoms with E-state index in [1.165, 1.54) is 37.9 Å². The maximum absolute atomic E-state index is 5.33. The van der Waals surface area contributed by atoms with Gasteiger partial charge >= 0.3 is 0 Å². The molecule has 0 amide bonds. The lowest BCUT2D eigenvalue weighted by Gasteiger charge is -2.24. The Morgan fingerprint density at radius 3 is 1.89 bits per heavy atom. The van der Waals surface area contributed by atoms with Crippen molar-refractivity contribution in [3.63, 3.8) is 0 Å². The van der Waals surface area contributed by atoms with Gasteiger partial charge in [0.1, 0.15) is 17.8 Å². The van der Waals surface area contributed by atoms with Crippen LogP contribution in [-0.4, -0.2) is 25.8 Å². The van der Waals surface area contributed by atoms with Crippen LogP contribution in [0.5, 0.6) is 0 Å². The average Bonchev–Trinajstić information content (AvgIpc) is 3.88. The molecule has 3 aromatic heterocycles. The molecule has 0 saturated heterocycles. The van der Waals surface area contributed by atoms with E-state index in [0.717, 1.165) is 72.4 Å². The number of nitrogens with one attached hydrogen (secondary N) is 1. The van der Waals surface area contributed by atoms with E-state index in [1.807, 2.05) is 24.4 Å². The van der Waals surface area contributed by atoms with Crippen LogP contribution >= 0.6 is 0 Å². The lowest BCUT2D eigenvalue weighted by molar-refractivity contribution is 0.674. The second-order valence-electron chi connectivity index (χ2n) is 16.5. The molecule has 0 fully saturated rings. The predicted octanol–water partition coefficient (Wildman–Crippen LogP) is 13.7. The highest BCUT2D eigenvalue weighted by Gasteiger charge is 2.25. The minimum atomic E-state index is -0.335. The number of rotatable bonds is 6. The molecule has 12 aromatic rings. The van der Waals surface area contributed by atoms with E-state index in [1.54, 1.807) is 0 Å². The molecule has 1 atom stereocenters. The zero-order valence-corrected chi connectivity index (χ0v) is 34.6. The van der Waals surface area contributed by atoms with E-state index in [9.17, 15) is 0 Å². The van der Waals surface area contributed by atoms with Crippen LogP contribution in [0.15, 0.2) is 229 Å². The first-order valence-electron chi connectivity index (χ1n) is 21.7. The van der Waals surface area contributed by atoms with Gasteiger partial charge in [0.2, 0.25) is 0 Å². The van der Waals surface area contributed by atoms with Gasteiger partial charge in [-0.15, -0.1) is 0 Å². The van der Waals surface area contributed by atoms with Crippen molar-refractivity contribution in [2.45, 2.75) is 6.17 Å². The van der Waals surface area contributed by atoms with Crippen LogP contribution in [0.25, 0.3) is 87.8 Å². The van der Waals surface area contributed by atoms with E-state index in [4.69, 9.17) is 15.0 Å². The van der Waals surface area contributed by atoms with Gasteiger partial charge in [0.15, 0.2) is 5.84 Å². The smallest absolute Gasteiger partial charge is 0.159 e. The molecule has 4 heterocycles. The van der Waals surface area contributed by atoms with Gasteiger partial charge in [0, 0.05) is 44.3 Å². The van der Waals surface area contributed by atoms with Crippen molar-refractivity contribution in [2.24, 2.45) is 9.98 Å². The summed E-state index contributed by atoms with van der Waals surface area (Å²) in [5, 5.41) is 13.3. The lowest BCUT2D eigenvalue weighted by Crippen LogP contribution is -2.33. The van der Waals surface area contributed by atoms with Crippen LogP contribution in [0.2, 0.25) is 0 Å². The summed E-state index contributed by atoms with van der Waals surface area (Å²) in [6, 6.07) is 75.6. The Hall–Kier alpha value is -8.61. The van der Waals surface area contributed by atoms with E-state index >= 15 is 0 Å². The Morgan fingerprint density at radius 1 is 0.406 bits per heavy atom. The second kappa shape index (κ2) is 14.5. The quantitative estimate of drug-likeness (QED) is 0.182. The molecule has 1 aliphatic heterocycles. The first kappa shape index (κ1) is 36.1. The number of hydrogen-bond acceptors (Lipinski definition) is 4. The molecule has 6 nitrogen and oxygen atoms in total. The Bertz CT molecular complexity index is 3850. The van der Waals surface area contributed by atoms with Crippen molar-refractivity contribution >= 4 is 76.8 Å². The molecule has 9 aromatic carbocycles. The van der Waals surface area contributed by atoms with Crippen molar-refractivity contribution in [1.82, 2.24) is 19.4 Å². The number of amidine groups is 2. The van der Waals surface area contributed by atoms with Crippen LogP contribution in [0.4, 0.5) is 0 Å². The molecule has 0 aliphatic carbocycles. The van der Waals surface area contributed by atoms with Gasteiger partial charge in [0.05, 0.1) is 27.8 Å². The van der Waals surface area contributed by atoms with Crippen molar-refractivity contribution in [3.05, 3.63) is 235 Å². The third-order valence-electron chi connectivity index (χ3n) is 12.8. The highest BCUT2D eigenvalue weighted by molar-refractivity contribution is 6.25. The fraction of sp³-hybridized carbons (Fsp3) is 0.0172. The first-order valence-corrected chi connectivity index (χ1v) is 21.7. The highest BCUT2D eigenvalue weighted by atomic mass is 15.2. The van der Waals surface area contributed by atoms with Gasteiger partial charge in [-0.1, -0.05) is 164 Å². The van der Waals surface area contributed by atoms with E-state index in [2.05, 4.69) is 209 Å². The summed E-state index contributed by atoms with van der Waals surface area (Å²) in [5.74, 6) is 2.34. The summed E-state index contributed by atoms with van der Waals surface area (Å²) < 4.78 is 4.77. The fourth-order valence-corrected chi connectivity index (χ4v) is 9.83. The number of fused-ring (bicyclic) bond motifs is 9. The van der Waals surface area contributed by atoms with E-state index in [0.29, 0.717) is 5.84 Å². The van der Waals surface area contributed by atoms with Crippen LogP contribution in [0.1, 0.15) is 22.9 Å². The van der Waals surface area contributed by atoms with Gasteiger partial charge in [-0.2, -0.15) is 0 Å². The maximum atomic E-state index is 5.33. The lowest BCUT2D eigenvalue weighted by atomic mass is 10.0. The molecule has 0 saturated carbocycles. The van der Waals surface area contributed by atoms with Gasteiger partial charge in [0.25, 0.3) is 0 Å². The standard InChI is InChI=1S/C58H38N6/c1-3-15-37(16-4-1)38-26-28-41(29-27-38)57-60-56(40-18-5-2-6-19-40)61-58(62-57)43-33-42-20-8-9-21-44(42)51(34-43)63-49-24-12-11-23-46(49)47-35-48-53(36-52(47)63)64(54-25-13-14-32-59-54)50-31-30-39-17-7-10-22-45(39)55(48)50/h1-36,56H,(H,60,61,62). The second-order valence-corrected chi connectivity index (χ2v) is 16.5. The van der Waals surface area contributed by atoms with Crippen molar-refractivity contribution in [3.8, 4) is 22.6 Å². The van der Waals surface area contributed by atoms with Crippen LogP contribution in [-0.2, 0) is 0 Å². The predicted molar refractivity (Wildman–Crippen MR) is 265 cm³/mol. The zero-order chi connectivity index (χ0) is 42.1. The molecule has 13 rings (SSSR count). The van der Waals surface area contributed by atoms with Gasteiger partial charge < -0.3 is 9.88 Å². The van der Waals surface area contributed by atoms with Crippen LogP contribution in [0.3, 0.4) is 0 Å². The molecular weight excluding hydrogens is 781 g/mol. The van der Waals surface area contributed by atoms with Crippen molar-refractivity contribution in [1.29, 1.82) is 0 Å². The van der Waals surface area contributed by atoms with E-state index in [-0.39, 0.29) is 6.17 Å². The summed E-state index contributed by atoms with van der Waals surface area (Å²) >= 11 is 0. The summed E-state index contributed by atoms with van der Waals surface area (Å²) in [6.07, 6.45) is 1.54. The molecule has 300 valence electrons. The van der Waals surface area contributed by atoms with E-state index < -0.39 is 0 Å². The Labute approximate surface area is 368 Å². The maximum Gasteiger partial charge on any atom is 0.159 e. The Balaban J connectivity index is 1.05. The van der Waals surface area contributed by atoms with Gasteiger partial charge in [-0.3, -0.25) is 4.57 Å². The SMILES string of the molecule is c1ccc(-c2ccc(C3=NC(c4ccccc4)NC(c4cc(-n5c6ccccc6c6cc7c8c9ccccc9ccc8n(-c8ccccn8)c7cc65)c5ccccc5c4)=N3)cc2)cc1. The minimum Gasteiger partial charge on any atom is -0.344 e. The van der Waals surface area contributed by atoms with Crippen molar-refractivity contribution in [2.75, 3.05) is 0 Å². The fourth-order valence-electron chi connectivity index (χ4n) is 9.83. The number of nitrogens with zero attached hydrogens (tertiary/aromatic N) is 5. The monoisotopic (exact) mass is 818 g/mol. The number of aliphatic imine (C=N–C) groups is 2. The first-order chi connectivity index (χ1) is 31.7. The summed E-state index contributed by atoms with van der Waals surface area (Å²) in [6.45, 7) is 0. The largest absolute Gasteiger partial charge is 0.344 e. The number of hydrogen-bond donors (Lipinski definition) is 1. The molecule has 1 N–H and O–H groups in total. The summed E-state index contributed by atoms with van der Waals surface area (Å²) in [7, 11) is 0. The van der Waals surface area contributed by atoms with Crippen LogP contribution < -0.4 is 5.32 Å². The molecule has 64 heavy (non-hydrogen) atoms. The van der Waals surface area contributed by atoms with Crippen molar-refractivity contribution < 1.29 is 0 Å². The van der Waals surface area contributed by atoms with Gasteiger partial charge in [-0.25, -0.2) is 15.0 Å². The molecular formula is C58H38N6. The molecule has 1 unspecified atom stereocenters. The summed E-state index contributed by atoms with van der Waals surface area (Å²) in [5.41, 5.74) is 10.9. The molecule has 6 heteroatoms. The molecule has 1 aliphatic rings. The number of benzene rings is 9. The zero-order valence-electron chi connectivity index (χ0n) is 34.6. The minimum absolute atomic E-state index is 0.335. The number of aromatic nitrogens is 3. The van der Waals surface area contributed by atoms with Crippen LogP contribution in [0, 0.1) is 0 Å². The number of pyridine rings is 1.